The fraction of sp³-hybridized carbons (Fsp3) is 0.500. The summed E-state index contributed by atoms with van der Waals surface area (Å²) in [5.74, 6) is -6.16. The smallest absolute Gasteiger partial charge is 0.337 e. The van der Waals surface area contributed by atoms with E-state index in [9.17, 15) is 24.6 Å². The predicted molar refractivity (Wildman–Crippen MR) is 70.4 cm³/mol. The van der Waals surface area contributed by atoms with E-state index in [4.69, 9.17) is 0 Å². The van der Waals surface area contributed by atoms with Crippen LogP contribution < -0.4 is 0 Å². The molecule has 2 aliphatic rings. The molecule has 2 N–H and O–H groups in total. The van der Waals surface area contributed by atoms with Gasteiger partial charge in [-0.25, -0.2) is 9.59 Å². The average molecular weight is 312 g/mol. The van der Waals surface area contributed by atoms with Gasteiger partial charge in [-0.1, -0.05) is 0 Å². The van der Waals surface area contributed by atoms with Gasteiger partial charge in [-0.2, -0.15) is 0 Å². The summed E-state index contributed by atoms with van der Waals surface area (Å²) in [5, 5.41) is 20.2. The highest BCUT2D eigenvalue weighted by Gasteiger charge is 2.57. The Morgan fingerprint density at radius 2 is 1.50 bits per heavy atom. The van der Waals surface area contributed by atoms with Crippen LogP contribution in [0.4, 0.5) is 0 Å². The van der Waals surface area contributed by atoms with Gasteiger partial charge in [0.2, 0.25) is 0 Å². The Morgan fingerprint density at radius 3 is 2.00 bits per heavy atom. The molecule has 0 radical (unpaired) electrons. The molecule has 0 aromatic rings. The maximum absolute atomic E-state index is 12.0. The Kier molecular flexibility index (Phi) is 4.11. The molecule has 0 aromatic heterocycles. The van der Waals surface area contributed by atoms with Crippen molar-refractivity contribution < 1.29 is 38.8 Å². The summed E-state index contributed by atoms with van der Waals surface area (Å²) < 4.78 is 13.8. The third-order valence-electron chi connectivity index (χ3n) is 4.06. The molecule has 0 saturated carbocycles. The molecule has 0 heterocycles. The number of aliphatic hydroxyl groups is 2. The molecule has 0 fully saturated rings. The topological polar surface area (TPSA) is 119 Å². The highest BCUT2D eigenvalue weighted by atomic mass is 16.5. The first kappa shape index (κ1) is 15.9. The third kappa shape index (κ3) is 2.11. The van der Waals surface area contributed by atoms with E-state index >= 15 is 0 Å². The van der Waals surface area contributed by atoms with Gasteiger partial charge >= 0.3 is 17.9 Å². The number of carbonyl (C=O) groups is 3. The summed E-state index contributed by atoms with van der Waals surface area (Å²) >= 11 is 0. The number of methoxy groups -OCH3 is 3. The lowest BCUT2D eigenvalue weighted by molar-refractivity contribution is -0.146. The zero-order chi connectivity index (χ0) is 16.6. The molecule has 2 aliphatic carbocycles. The Labute approximate surface area is 126 Å². The zero-order valence-corrected chi connectivity index (χ0v) is 12.3. The first-order valence-electron chi connectivity index (χ1n) is 6.48. The minimum Gasteiger partial charge on any atom is -0.512 e. The molecule has 3 atom stereocenters. The van der Waals surface area contributed by atoms with Crippen LogP contribution in [0.2, 0.25) is 0 Å². The Bertz CT molecular complexity index is 600. The second-order valence-electron chi connectivity index (χ2n) is 4.98. The number of rotatable bonds is 3. The van der Waals surface area contributed by atoms with Crippen LogP contribution in [0.5, 0.6) is 0 Å². The van der Waals surface area contributed by atoms with Gasteiger partial charge in [0, 0.05) is 18.3 Å². The molecule has 0 amide bonds. The van der Waals surface area contributed by atoms with E-state index in [1.54, 1.807) is 0 Å². The van der Waals surface area contributed by atoms with Crippen LogP contribution >= 0.6 is 0 Å². The lowest BCUT2D eigenvalue weighted by Gasteiger charge is -2.19. The molecule has 22 heavy (non-hydrogen) atoms. The van der Waals surface area contributed by atoms with Crippen LogP contribution in [0.3, 0.4) is 0 Å². The summed E-state index contributed by atoms with van der Waals surface area (Å²) in [6.45, 7) is 0. The summed E-state index contributed by atoms with van der Waals surface area (Å²) in [5.41, 5.74) is -0.262. The highest BCUT2D eigenvalue weighted by Crippen LogP contribution is 2.53. The zero-order valence-electron chi connectivity index (χ0n) is 12.3. The van der Waals surface area contributed by atoms with Crippen molar-refractivity contribution in [1.82, 2.24) is 0 Å². The van der Waals surface area contributed by atoms with E-state index < -0.39 is 41.4 Å². The molecule has 0 saturated heterocycles. The minimum atomic E-state index is -1.26. The van der Waals surface area contributed by atoms with Gasteiger partial charge in [0.15, 0.2) is 0 Å². The van der Waals surface area contributed by atoms with Crippen molar-refractivity contribution in [3.05, 3.63) is 22.7 Å². The average Bonchev–Trinajstić information content (AvgIpc) is 2.96. The van der Waals surface area contributed by atoms with Crippen molar-refractivity contribution in [3.8, 4) is 0 Å². The van der Waals surface area contributed by atoms with Gasteiger partial charge in [0.05, 0.1) is 32.5 Å². The van der Waals surface area contributed by atoms with Gasteiger partial charge in [-0.15, -0.1) is 0 Å². The van der Waals surface area contributed by atoms with Gasteiger partial charge in [0.1, 0.15) is 17.4 Å². The van der Waals surface area contributed by atoms with E-state index in [0.717, 1.165) is 21.3 Å². The van der Waals surface area contributed by atoms with E-state index in [1.165, 1.54) is 0 Å². The summed E-state index contributed by atoms with van der Waals surface area (Å²) in [7, 11) is 3.39. The Hall–Kier alpha value is -2.51. The molecule has 0 bridgehead atoms. The Morgan fingerprint density at radius 1 is 0.955 bits per heavy atom. The standard InChI is InChI=1S/C14H16O8/c1-20-12(17)8-5-4-6(15)9(13(18)21-2)7(5)10(11(8)16)14(19)22-3/h5,7,10,15-16H,4H2,1-3H3/t5-,7-,10-/m0/s1. The molecule has 0 aromatic carbocycles. The third-order valence-corrected chi connectivity index (χ3v) is 4.06. The van der Waals surface area contributed by atoms with Crippen LogP contribution in [0.1, 0.15) is 6.42 Å². The fourth-order valence-corrected chi connectivity index (χ4v) is 3.16. The van der Waals surface area contributed by atoms with Crippen LogP contribution in [-0.4, -0.2) is 49.5 Å². The molecule has 8 heteroatoms. The number of fused-ring (bicyclic) bond motifs is 1. The van der Waals surface area contributed by atoms with Gasteiger partial charge in [-0.3, -0.25) is 4.79 Å². The second-order valence-corrected chi connectivity index (χ2v) is 4.98. The van der Waals surface area contributed by atoms with Crippen LogP contribution in [-0.2, 0) is 28.6 Å². The SMILES string of the molecule is COC(=O)C1=C(O)C[C@@H]2C(C(=O)OC)=C(O)[C@@H](C(=O)OC)[C@H]12. The van der Waals surface area contributed by atoms with Gasteiger partial charge < -0.3 is 24.4 Å². The summed E-state index contributed by atoms with van der Waals surface area (Å²) in [6.07, 6.45) is -0.0723. The number of aliphatic hydroxyl groups excluding tert-OH is 2. The highest BCUT2D eigenvalue weighted by molar-refractivity contribution is 5.97. The number of ether oxygens (including phenoxy) is 3. The predicted octanol–water partition coefficient (Wildman–Crippen LogP) is 0.395. The summed E-state index contributed by atoms with van der Waals surface area (Å²) in [6, 6.07) is 0. The maximum atomic E-state index is 12.0. The summed E-state index contributed by atoms with van der Waals surface area (Å²) in [4.78, 5) is 35.7. The number of hydrogen-bond donors (Lipinski definition) is 2. The first-order chi connectivity index (χ1) is 10.4. The molecule has 0 aliphatic heterocycles. The van der Waals surface area contributed by atoms with E-state index in [2.05, 4.69) is 14.2 Å². The van der Waals surface area contributed by atoms with Gasteiger partial charge in [0.25, 0.3) is 0 Å². The molecule has 8 nitrogen and oxygen atoms in total. The number of esters is 3. The quantitative estimate of drug-likeness (QED) is 0.567. The molecular weight excluding hydrogens is 296 g/mol. The first-order valence-corrected chi connectivity index (χ1v) is 6.48. The van der Waals surface area contributed by atoms with Crippen LogP contribution in [0, 0.1) is 17.8 Å². The lowest BCUT2D eigenvalue weighted by Crippen LogP contribution is -2.28. The van der Waals surface area contributed by atoms with Crippen molar-refractivity contribution in [3.63, 3.8) is 0 Å². The molecular formula is C14H16O8. The number of allylic oxidation sites excluding steroid dienone is 1. The van der Waals surface area contributed by atoms with Crippen molar-refractivity contribution in [2.45, 2.75) is 6.42 Å². The molecule has 0 unspecified atom stereocenters. The monoisotopic (exact) mass is 312 g/mol. The van der Waals surface area contributed by atoms with Crippen LogP contribution in [0.15, 0.2) is 22.7 Å². The largest absolute Gasteiger partial charge is 0.512 e. The maximum Gasteiger partial charge on any atom is 0.337 e. The second kappa shape index (κ2) is 5.70. The van der Waals surface area contributed by atoms with Crippen LogP contribution in [0.25, 0.3) is 0 Å². The van der Waals surface area contributed by atoms with Crippen molar-refractivity contribution >= 4 is 17.9 Å². The molecule has 2 rings (SSSR count). The van der Waals surface area contributed by atoms with E-state index in [-0.39, 0.29) is 23.3 Å². The molecule has 120 valence electrons. The normalized spacial score (nSPS) is 26.8. The van der Waals surface area contributed by atoms with E-state index in [0.29, 0.717) is 0 Å². The van der Waals surface area contributed by atoms with Gasteiger partial charge in [-0.05, 0) is 0 Å². The van der Waals surface area contributed by atoms with Crippen molar-refractivity contribution in [1.29, 1.82) is 0 Å². The van der Waals surface area contributed by atoms with Crippen molar-refractivity contribution in [2.75, 3.05) is 21.3 Å². The minimum absolute atomic E-state index is 0.0723. The number of hydrogen-bond acceptors (Lipinski definition) is 8. The lowest BCUT2D eigenvalue weighted by atomic mass is 9.84. The van der Waals surface area contributed by atoms with Crippen molar-refractivity contribution in [2.24, 2.45) is 17.8 Å². The Balaban J connectivity index is 2.54. The molecule has 0 spiro atoms. The fourth-order valence-electron chi connectivity index (χ4n) is 3.16. The van der Waals surface area contributed by atoms with E-state index in [1.807, 2.05) is 0 Å². The number of carbonyl (C=O) groups excluding carboxylic acids is 3.